The standard InChI is InChI=1S/C16H19N5OS/c1-2-5-13-14(23-20-19-13)16(22)18-9-4-10-21-11-7-12-6-3-8-17-15(12)21/h3,6-8,11H,2,4-5,9-10H2,1H3,(H,18,22). The summed E-state index contributed by atoms with van der Waals surface area (Å²) in [5, 5.41) is 8.11. The molecule has 0 bridgehead atoms. The molecule has 0 atom stereocenters. The van der Waals surface area contributed by atoms with E-state index in [0.29, 0.717) is 11.4 Å². The second-order valence-corrected chi connectivity index (χ2v) is 6.09. The Hall–Kier alpha value is -2.28. The van der Waals surface area contributed by atoms with E-state index in [1.807, 2.05) is 18.3 Å². The number of aromatic nitrogens is 4. The van der Waals surface area contributed by atoms with Crippen molar-refractivity contribution in [2.75, 3.05) is 6.54 Å². The van der Waals surface area contributed by atoms with Gasteiger partial charge in [0, 0.05) is 30.9 Å². The van der Waals surface area contributed by atoms with Gasteiger partial charge in [-0.3, -0.25) is 4.79 Å². The topological polar surface area (TPSA) is 72.7 Å². The van der Waals surface area contributed by atoms with Gasteiger partial charge in [-0.2, -0.15) is 0 Å². The number of nitrogens with zero attached hydrogens (tertiary/aromatic N) is 4. The number of fused-ring (bicyclic) bond motifs is 1. The average molecular weight is 329 g/mol. The molecule has 3 aromatic heterocycles. The fourth-order valence-electron chi connectivity index (χ4n) is 2.51. The number of hydrogen-bond donors (Lipinski definition) is 1. The molecule has 0 unspecified atom stereocenters. The van der Waals surface area contributed by atoms with Crippen molar-refractivity contribution in [3.63, 3.8) is 0 Å². The molecule has 1 amide bonds. The van der Waals surface area contributed by atoms with Gasteiger partial charge in [-0.1, -0.05) is 17.8 Å². The molecule has 1 N–H and O–H groups in total. The molecule has 0 aliphatic heterocycles. The number of amides is 1. The lowest BCUT2D eigenvalue weighted by atomic mass is 10.2. The molecule has 0 saturated carbocycles. The normalized spacial score (nSPS) is 11.0. The summed E-state index contributed by atoms with van der Waals surface area (Å²) in [5.41, 5.74) is 1.78. The van der Waals surface area contributed by atoms with E-state index in [0.717, 1.165) is 42.5 Å². The highest BCUT2D eigenvalue weighted by molar-refractivity contribution is 7.08. The highest BCUT2D eigenvalue weighted by Crippen LogP contribution is 2.13. The van der Waals surface area contributed by atoms with Crippen LogP contribution in [0.25, 0.3) is 11.0 Å². The van der Waals surface area contributed by atoms with Gasteiger partial charge in [0.15, 0.2) is 0 Å². The molecule has 6 nitrogen and oxygen atoms in total. The Morgan fingerprint density at radius 2 is 2.30 bits per heavy atom. The van der Waals surface area contributed by atoms with Crippen molar-refractivity contribution in [1.29, 1.82) is 0 Å². The highest BCUT2D eigenvalue weighted by Gasteiger charge is 2.14. The summed E-state index contributed by atoms with van der Waals surface area (Å²) >= 11 is 1.17. The van der Waals surface area contributed by atoms with Gasteiger partial charge < -0.3 is 9.88 Å². The summed E-state index contributed by atoms with van der Waals surface area (Å²) in [4.78, 5) is 17.2. The molecule has 0 radical (unpaired) electrons. The van der Waals surface area contributed by atoms with Gasteiger partial charge in [0.1, 0.15) is 10.5 Å². The molecular weight excluding hydrogens is 310 g/mol. The van der Waals surface area contributed by atoms with Gasteiger partial charge in [0.05, 0.1) is 5.69 Å². The van der Waals surface area contributed by atoms with Gasteiger partial charge in [-0.25, -0.2) is 4.98 Å². The minimum absolute atomic E-state index is 0.0704. The Morgan fingerprint density at radius 3 is 3.17 bits per heavy atom. The molecule has 3 aromatic rings. The Morgan fingerprint density at radius 1 is 1.39 bits per heavy atom. The largest absolute Gasteiger partial charge is 0.351 e. The van der Waals surface area contributed by atoms with Crippen LogP contribution in [0.2, 0.25) is 0 Å². The summed E-state index contributed by atoms with van der Waals surface area (Å²) in [5.74, 6) is -0.0704. The maximum atomic E-state index is 12.2. The van der Waals surface area contributed by atoms with Crippen LogP contribution in [0.5, 0.6) is 0 Å². The predicted molar refractivity (Wildman–Crippen MR) is 90.6 cm³/mol. The predicted octanol–water partition coefficient (Wildman–Crippen LogP) is 2.66. The number of carbonyl (C=O) groups excluding carboxylic acids is 1. The third-order valence-corrected chi connectivity index (χ3v) is 4.40. The number of carbonyl (C=O) groups is 1. The third kappa shape index (κ3) is 3.56. The van der Waals surface area contributed by atoms with Crippen molar-refractivity contribution in [3.8, 4) is 0 Å². The zero-order chi connectivity index (χ0) is 16.1. The Balaban J connectivity index is 1.51. The minimum atomic E-state index is -0.0704. The van der Waals surface area contributed by atoms with Gasteiger partial charge in [0.2, 0.25) is 0 Å². The Labute approximate surface area is 138 Å². The molecule has 7 heteroatoms. The number of nitrogens with one attached hydrogen (secondary N) is 1. The Bertz CT molecular complexity index is 794. The van der Waals surface area contributed by atoms with Crippen molar-refractivity contribution in [1.82, 2.24) is 24.5 Å². The monoisotopic (exact) mass is 329 g/mol. The van der Waals surface area contributed by atoms with Crippen LogP contribution in [0, 0.1) is 0 Å². The second kappa shape index (κ2) is 7.32. The first kappa shape index (κ1) is 15.6. The van der Waals surface area contributed by atoms with Crippen molar-refractivity contribution >= 4 is 28.5 Å². The summed E-state index contributed by atoms with van der Waals surface area (Å²) in [6, 6.07) is 6.04. The molecule has 3 rings (SSSR count). The van der Waals surface area contributed by atoms with Crippen LogP contribution < -0.4 is 5.32 Å². The van der Waals surface area contributed by atoms with Crippen LogP contribution in [0.3, 0.4) is 0 Å². The molecule has 0 saturated heterocycles. The van der Waals surface area contributed by atoms with Gasteiger partial charge in [-0.15, -0.1) is 5.10 Å². The number of rotatable bonds is 7. The number of aryl methyl sites for hydroxylation is 2. The SMILES string of the molecule is CCCc1nnsc1C(=O)NCCCn1ccc2cccnc21. The zero-order valence-electron chi connectivity index (χ0n) is 13.0. The average Bonchev–Trinajstić information content (AvgIpc) is 3.19. The maximum absolute atomic E-state index is 12.2. The van der Waals surface area contributed by atoms with E-state index in [-0.39, 0.29) is 5.91 Å². The van der Waals surface area contributed by atoms with E-state index in [2.05, 4.69) is 37.4 Å². The minimum Gasteiger partial charge on any atom is -0.351 e. The van der Waals surface area contributed by atoms with E-state index in [1.54, 1.807) is 6.20 Å². The first-order valence-corrected chi connectivity index (χ1v) is 8.56. The first-order valence-electron chi connectivity index (χ1n) is 7.79. The smallest absolute Gasteiger partial charge is 0.264 e. The molecule has 0 fully saturated rings. The van der Waals surface area contributed by atoms with E-state index in [4.69, 9.17) is 0 Å². The van der Waals surface area contributed by atoms with Gasteiger partial charge in [-0.05, 0) is 42.6 Å². The fraction of sp³-hybridized carbons (Fsp3) is 0.375. The molecule has 0 aliphatic rings. The van der Waals surface area contributed by atoms with Gasteiger partial charge in [0.25, 0.3) is 5.91 Å². The molecule has 0 aliphatic carbocycles. The Kier molecular flexibility index (Phi) is 4.97. The number of pyridine rings is 1. The van der Waals surface area contributed by atoms with Gasteiger partial charge >= 0.3 is 0 Å². The lowest BCUT2D eigenvalue weighted by Gasteiger charge is -2.06. The summed E-state index contributed by atoms with van der Waals surface area (Å²) in [6.45, 7) is 3.51. The molecule has 120 valence electrons. The third-order valence-electron chi connectivity index (χ3n) is 3.63. The molecule has 23 heavy (non-hydrogen) atoms. The lowest BCUT2D eigenvalue weighted by Crippen LogP contribution is -2.25. The summed E-state index contributed by atoms with van der Waals surface area (Å²) in [6.07, 6.45) is 6.43. The van der Waals surface area contributed by atoms with Crippen LogP contribution >= 0.6 is 11.5 Å². The molecule has 3 heterocycles. The van der Waals surface area contributed by atoms with E-state index in [1.165, 1.54) is 11.5 Å². The van der Waals surface area contributed by atoms with Crippen LogP contribution in [0.15, 0.2) is 30.6 Å². The second-order valence-electron chi connectivity index (χ2n) is 5.33. The number of hydrogen-bond acceptors (Lipinski definition) is 5. The van der Waals surface area contributed by atoms with Crippen LogP contribution in [-0.2, 0) is 13.0 Å². The van der Waals surface area contributed by atoms with Crippen molar-refractivity contribution in [3.05, 3.63) is 41.2 Å². The zero-order valence-corrected chi connectivity index (χ0v) is 13.8. The van der Waals surface area contributed by atoms with Crippen molar-refractivity contribution in [2.24, 2.45) is 0 Å². The van der Waals surface area contributed by atoms with Crippen molar-refractivity contribution in [2.45, 2.75) is 32.7 Å². The van der Waals surface area contributed by atoms with Crippen molar-refractivity contribution < 1.29 is 4.79 Å². The van der Waals surface area contributed by atoms with Crippen LogP contribution in [0.4, 0.5) is 0 Å². The van der Waals surface area contributed by atoms with E-state index >= 15 is 0 Å². The first-order chi connectivity index (χ1) is 11.3. The summed E-state index contributed by atoms with van der Waals surface area (Å²) < 4.78 is 5.99. The lowest BCUT2D eigenvalue weighted by molar-refractivity contribution is 0.0955. The van der Waals surface area contributed by atoms with Crippen LogP contribution in [0.1, 0.15) is 35.1 Å². The highest BCUT2D eigenvalue weighted by atomic mass is 32.1. The quantitative estimate of drug-likeness (QED) is 0.676. The van der Waals surface area contributed by atoms with E-state index in [9.17, 15) is 4.79 Å². The van der Waals surface area contributed by atoms with Crippen LogP contribution in [-0.4, -0.2) is 31.6 Å². The molecule has 0 aromatic carbocycles. The summed E-state index contributed by atoms with van der Waals surface area (Å²) in [7, 11) is 0. The maximum Gasteiger partial charge on any atom is 0.264 e. The molecule has 0 spiro atoms. The van der Waals surface area contributed by atoms with E-state index < -0.39 is 0 Å². The fourth-order valence-corrected chi connectivity index (χ4v) is 3.14. The molecular formula is C16H19N5OS.